The second kappa shape index (κ2) is 4.25. The third kappa shape index (κ3) is 2.01. The first-order chi connectivity index (χ1) is 8.29. The van der Waals surface area contributed by atoms with Gasteiger partial charge in [-0.25, -0.2) is 0 Å². The molecule has 1 aromatic rings. The number of hydrogen-bond acceptors (Lipinski definition) is 2. The lowest BCUT2D eigenvalue weighted by Crippen LogP contribution is -2.56. The highest BCUT2D eigenvalue weighted by molar-refractivity contribution is 5.68. The summed E-state index contributed by atoms with van der Waals surface area (Å²) in [5, 5.41) is 0. The predicted octanol–water partition coefficient (Wildman–Crippen LogP) is 3.43. The van der Waals surface area contributed by atoms with E-state index >= 15 is 0 Å². The summed E-state index contributed by atoms with van der Waals surface area (Å²) < 4.78 is 0. The molecule has 3 rings (SSSR count). The maximum Gasteiger partial charge on any atom is 0.0600 e. The van der Waals surface area contributed by atoms with Crippen molar-refractivity contribution in [1.82, 2.24) is 0 Å². The minimum Gasteiger partial charge on any atom is -0.397 e. The molecule has 2 nitrogen and oxygen atoms in total. The molecule has 2 N–H and O–H groups in total. The van der Waals surface area contributed by atoms with Gasteiger partial charge in [0.25, 0.3) is 0 Å². The van der Waals surface area contributed by atoms with Gasteiger partial charge in [-0.05, 0) is 25.0 Å². The van der Waals surface area contributed by atoms with E-state index in [9.17, 15) is 0 Å². The minimum absolute atomic E-state index is 0.624. The van der Waals surface area contributed by atoms with Crippen molar-refractivity contribution in [3.05, 3.63) is 24.3 Å². The Hall–Kier alpha value is -1.18. The van der Waals surface area contributed by atoms with E-state index < -0.39 is 0 Å². The summed E-state index contributed by atoms with van der Waals surface area (Å²) >= 11 is 0. The standard InChI is InChI=1S/C15H22N2/c16-13-7-3-4-8-14(13)17-11-15(12-17)9-5-1-2-6-10-15/h3-4,7-8H,1-2,5-6,9-12,16H2. The van der Waals surface area contributed by atoms with E-state index in [-0.39, 0.29) is 0 Å². The van der Waals surface area contributed by atoms with E-state index in [1.807, 2.05) is 12.1 Å². The fourth-order valence-corrected chi connectivity index (χ4v) is 3.50. The third-order valence-corrected chi connectivity index (χ3v) is 4.49. The molecule has 1 aliphatic heterocycles. The Morgan fingerprint density at radius 1 is 0.941 bits per heavy atom. The molecule has 0 bridgehead atoms. The SMILES string of the molecule is Nc1ccccc1N1CC2(CCCCCC2)C1. The van der Waals surface area contributed by atoms with Gasteiger partial charge in [0.05, 0.1) is 11.4 Å². The van der Waals surface area contributed by atoms with Gasteiger partial charge in [0.2, 0.25) is 0 Å². The van der Waals surface area contributed by atoms with Crippen LogP contribution in [-0.2, 0) is 0 Å². The zero-order chi connectivity index (χ0) is 11.7. The van der Waals surface area contributed by atoms with Gasteiger partial charge in [-0.2, -0.15) is 0 Å². The molecule has 1 heterocycles. The Morgan fingerprint density at radius 2 is 1.59 bits per heavy atom. The molecular formula is C15H22N2. The topological polar surface area (TPSA) is 29.3 Å². The Morgan fingerprint density at radius 3 is 2.24 bits per heavy atom. The Balaban J connectivity index is 1.69. The Bertz CT molecular complexity index is 384. The van der Waals surface area contributed by atoms with Crippen molar-refractivity contribution in [3.63, 3.8) is 0 Å². The number of hydrogen-bond donors (Lipinski definition) is 1. The summed E-state index contributed by atoms with van der Waals surface area (Å²) in [5.74, 6) is 0. The molecule has 0 atom stereocenters. The molecule has 0 aromatic heterocycles. The van der Waals surface area contributed by atoms with E-state index in [1.54, 1.807) is 0 Å². The lowest BCUT2D eigenvalue weighted by atomic mass is 9.73. The molecule has 0 amide bonds. The average molecular weight is 230 g/mol. The van der Waals surface area contributed by atoms with Crippen LogP contribution in [0.25, 0.3) is 0 Å². The van der Waals surface area contributed by atoms with Crippen LogP contribution in [0.15, 0.2) is 24.3 Å². The van der Waals surface area contributed by atoms with E-state index in [0.717, 1.165) is 5.69 Å². The van der Waals surface area contributed by atoms with Gasteiger partial charge >= 0.3 is 0 Å². The van der Waals surface area contributed by atoms with Crippen molar-refractivity contribution in [3.8, 4) is 0 Å². The molecule has 17 heavy (non-hydrogen) atoms. The lowest BCUT2D eigenvalue weighted by molar-refractivity contribution is 0.181. The Kier molecular flexibility index (Phi) is 2.73. The number of rotatable bonds is 1. The largest absolute Gasteiger partial charge is 0.397 e. The van der Waals surface area contributed by atoms with Crippen LogP contribution >= 0.6 is 0 Å². The van der Waals surface area contributed by atoms with Gasteiger partial charge in [-0.15, -0.1) is 0 Å². The van der Waals surface area contributed by atoms with Crippen LogP contribution in [0.3, 0.4) is 0 Å². The number of anilines is 2. The van der Waals surface area contributed by atoms with E-state index in [2.05, 4.69) is 17.0 Å². The molecule has 0 unspecified atom stereocenters. The predicted molar refractivity (Wildman–Crippen MR) is 73.2 cm³/mol. The number of nitrogens with two attached hydrogens (primary N) is 1. The number of nitrogens with zero attached hydrogens (tertiary/aromatic N) is 1. The number of benzene rings is 1. The van der Waals surface area contributed by atoms with Crippen molar-refractivity contribution in [1.29, 1.82) is 0 Å². The summed E-state index contributed by atoms with van der Waals surface area (Å²) in [5.41, 5.74) is 8.83. The lowest BCUT2D eigenvalue weighted by Gasteiger charge is -2.52. The van der Waals surface area contributed by atoms with Gasteiger partial charge in [0.15, 0.2) is 0 Å². The molecule has 2 heteroatoms. The van der Waals surface area contributed by atoms with Crippen molar-refractivity contribution in [2.24, 2.45) is 5.41 Å². The molecule has 92 valence electrons. The zero-order valence-corrected chi connectivity index (χ0v) is 10.5. The highest BCUT2D eigenvalue weighted by Gasteiger charge is 2.42. The summed E-state index contributed by atoms with van der Waals surface area (Å²) in [6.07, 6.45) is 8.59. The van der Waals surface area contributed by atoms with Crippen molar-refractivity contribution < 1.29 is 0 Å². The summed E-state index contributed by atoms with van der Waals surface area (Å²) in [7, 11) is 0. The van der Waals surface area contributed by atoms with Gasteiger partial charge < -0.3 is 10.6 Å². The Labute approximate surface area is 104 Å². The highest BCUT2D eigenvalue weighted by atomic mass is 15.2. The van der Waals surface area contributed by atoms with E-state index in [1.165, 1.54) is 57.3 Å². The molecule has 1 aliphatic carbocycles. The highest BCUT2D eigenvalue weighted by Crippen LogP contribution is 2.45. The quantitative estimate of drug-likeness (QED) is 0.749. The first-order valence-corrected chi connectivity index (χ1v) is 6.89. The van der Waals surface area contributed by atoms with Crippen LogP contribution in [0.2, 0.25) is 0 Å². The monoisotopic (exact) mass is 230 g/mol. The van der Waals surface area contributed by atoms with Crippen LogP contribution in [0, 0.1) is 5.41 Å². The van der Waals surface area contributed by atoms with Gasteiger partial charge in [0.1, 0.15) is 0 Å². The first-order valence-electron chi connectivity index (χ1n) is 6.89. The average Bonchev–Trinajstić information content (AvgIpc) is 2.53. The fourth-order valence-electron chi connectivity index (χ4n) is 3.50. The molecule has 2 fully saturated rings. The molecule has 1 spiro atoms. The number of nitrogen functional groups attached to an aromatic ring is 1. The van der Waals surface area contributed by atoms with E-state index in [0.29, 0.717) is 5.41 Å². The van der Waals surface area contributed by atoms with Crippen molar-refractivity contribution in [2.75, 3.05) is 23.7 Å². The first kappa shape index (κ1) is 10.9. The van der Waals surface area contributed by atoms with Crippen LogP contribution < -0.4 is 10.6 Å². The molecular weight excluding hydrogens is 208 g/mol. The maximum absolute atomic E-state index is 6.04. The van der Waals surface area contributed by atoms with Gasteiger partial charge in [-0.3, -0.25) is 0 Å². The third-order valence-electron chi connectivity index (χ3n) is 4.49. The number of para-hydroxylation sites is 2. The van der Waals surface area contributed by atoms with Crippen LogP contribution in [0.5, 0.6) is 0 Å². The van der Waals surface area contributed by atoms with Crippen LogP contribution in [0.1, 0.15) is 38.5 Å². The molecule has 1 saturated heterocycles. The second-order valence-corrected chi connectivity index (χ2v) is 5.83. The van der Waals surface area contributed by atoms with Crippen molar-refractivity contribution in [2.45, 2.75) is 38.5 Å². The summed E-state index contributed by atoms with van der Waals surface area (Å²) in [6.45, 7) is 2.45. The molecule has 1 saturated carbocycles. The second-order valence-electron chi connectivity index (χ2n) is 5.83. The summed E-state index contributed by atoms with van der Waals surface area (Å²) in [4.78, 5) is 2.46. The van der Waals surface area contributed by atoms with E-state index in [4.69, 9.17) is 5.73 Å². The van der Waals surface area contributed by atoms with Gasteiger partial charge in [-0.1, -0.05) is 37.8 Å². The molecule has 0 radical (unpaired) electrons. The maximum atomic E-state index is 6.04. The van der Waals surface area contributed by atoms with Crippen molar-refractivity contribution >= 4 is 11.4 Å². The zero-order valence-electron chi connectivity index (χ0n) is 10.5. The summed E-state index contributed by atoms with van der Waals surface area (Å²) in [6, 6.07) is 8.26. The van der Waals surface area contributed by atoms with Crippen LogP contribution in [0.4, 0.5) is 11.4 Å². The van der Waals surface area contributed by atoms with Gasteiger partial charge in [0, 0.05) is 18.5 Å². The smallest absolute Gasteiger partial charge is 0.0600 e. The fraction of sp³-hybridized carbons (Fsp3) is 0.600. The van der Waals surface area contributed by atoms with Crippen LogP contribution in [-0.4, -0.2) is 13.1 Å². The molecule has 1 aromatic carbocycles. The minimum atomic E-state index is 0.624. The normalized spacial score (nSPS) is 23.2. The molecule has 2 aliphatic rings.